The summed E-state index contributed by atoms with van der Waals surface area (Å²) >= 11 is 0. The first-order valence-electron chi connectivity index (χ1n) is 19.8. The van der Waals surface area contributed by atoms with E-state index in [4.69, 9.17) is 9.97 Å². The molecule has 9 nitrogen and oxygen atoms in total. The minimum Gasteiger partial charge on any atom is -0.500 e. The molecule has 0 amide bonds. The van der Waals surface area contributed by atoms with Crippen molar-refractivity contribution in [3.8, 4) is 11.3 Å². The molecule has 0 unspecified atom stereocenters. The molecule has 2 aliphatic rings. The molecule has 6 heterocycles. The number of hydrogen-bond donors (Lipinski definition) is 0. The molecular weight excluding hydrogens is 895 g/mol. The molecule has 0 fully saturated rings. The van der Waals surface area contributed by atoms with Crippen molar-refractivity contribution in [2.45, 2.75) is 66.2 Å². The maximum atomic E-state index is 4.70. The summed E-state index contributed by atoms with van der Waals surface area (Å²) in [6.45, 7) is 19.1. The molecule has 0 N–H and O–H groups in total. The topological polar surface area (TPSA) is 68.9 Å². The Kier molecular flexibility index (Phi) is 12.6. The van der Waals surface area contributed by atoms with Crippen LogP contribution in [-0.4, -0.2) is 37.4 Å². The van der Waals surface area contributed by atoms with Crippen molar-refractivity contribution in [2.24, 2.45) is 0 Å². The first-order valence-corrected chi connectivity index (χ1v) is 19.8. The van der Waals surface area contributed by atoms with Crippen molar-refractivity contribution in [2.75, 3.05) is 32.7 Å². The second-order valence-electron chi connectivity index (χ2n) is 15.1. The molecule has 0 saturated carbocycles. The van der Waals surface area contributed by atoms with Gasteiger partial charge in [0, 0.05) is 67.7 Å². The molecule has 58 heavy (non-hydrogen) atoms. The Morgan fingerprint density at radius 3 is 1.69 bits per heavy atom. The third-order valence-corrected chi connectivity index (χ3v) is 10.6. The van der Waals surface area contributed by atoms with Crippen LogP contribution < -0.4 is 19.6 Å². The zero-order valence-electron chi connectivity index (χ0n) is 33.9. The summed E-state index contributed by atoms with van der Waals surface area (Å²) in [5.74, 6) is 2.89. The first kappa shape index (κ1) is 40.6. The molecule has 2 aliphatic heterocycles. The Labute approximate surface area is 356 Å². The Hall–Kier alpha value is -5.57. The van der Waals surface area contributed by atoms with E-state index in [1.165, 1.54) is 11.1 Å². The van der Waals surface area contributed by atoms with Gasteiger partial charge < -0.3 is 24.0 Å². The van der Waals surface area contributed by atoms with Gasteiger partial charge in [-0.15, -0.1) is 59.4 Å². The van der Waals surface area contributed by atoms with Crippen LogP contribution in [0.2, 0.25) is 0 Å². The van der Waals surface area contributed by atoms with Crippen LogP contribution >= 0.6 is 0 Å². The number of aryl methyl sites for hydroxylation is 2. The number of aromatic nitrogens is 5. The summed E-state index contributed by atoms with van der Waals surface area (Å²) < 4.78 is 2.07. The number of rotatable bonds is 10. The second kappa shape index (κ2) is 17.9. The molecule has 0 aliphatic carbocycles. The molecule has 0 bridgehead atoms. The summed E-state index contributed by atoms with van der Waals surface area (Å²) in [6.07, 6.45) is 9.56. The van der Waals surface area contributed by atoms with E-state index in [2.05, 4.69) is 149 Å². The predicted octanol–water partition coefficient (Wildman–Crippen LogP) is 10.8. The van der Waals surface area contributed by atoms with E-state index in [1.807, 2.05) is 61.9 Å². The molecule has 7 aromatic rings. The van der Waals surface area contributed by atoms with Crippen LogP contribution in [0.4, 0.5) is 34.4 Å². The third kappa shape index (κ3) is 8.36. The van der Waals surface area contributed by atoms with Gasteiger partial charge in [-0.25, -0.2) is 15.0 Å². The molecule has 0 saturated heterocycles. The number of nitrogens with zero attached hydrogens (tertiary/aromatic N) is 9. The predicted molar refractivity (Wildman–Crippen MR) is 231 cm³/mol. The van der Waals surface area contributed by atoms with E-state index in [0.29, 0.717) is 11.8 Å². The largest absolute Gasteiger partial charge is 0.500 e. The first-order chi connectivity index (χ1) is 27.8. The number of hydrogen-bond acceptors (Lipinski definition) is 8. The van der Waals surface area contributed by atoms with Crippen LogP contribution in [0.3, 0.4) is 0 Å². The number of imidazole rings is 1. The molecule has 1 radical (unpaired) electrons. The van der Waals surface area contributed by atoms with Gasteiger partial charge >= 0.3 is 0 Å². The number of fused-ring (bicyclic) bond motifs is 3. The van der Waals surface area contributed by atoms with E-state index in [0.717, 1.165) is 88.6 Å². The van der Waals surface area contributed by atoms with Crippen molar-refractivity contribution >= 4 is 40.0 Å². The van der Waals surface area contributed by atoms with E-state index in [1.54, 1.807) is 6.20 Å². The Bertz CT molecular complexity index is 2320. The number of anilines is 6. The Morgan fingerprint density at radius 1 is 0.638 bits per heavy atom. The van der Waals surface area contributed by atoms with Gasteiger partial charge in [0.1, 0.15) is 17.3 Å². The van der Waals surface area contributed by atoms with Gasteiger partial charge in [-0.1, -0.05) is 39.5 Å². The summed E-state index contributed by atoms with van der Waals surface area (Å²) in [7, 11) is 0. The van der Waals surface area contributed by atoms with Gasteiger partial charge in [-0.05, 0) is 64.0 Å². The minimum absolute atomic E-state index is 0. The third-order valence-electron chi connectivity index (χ3n) is 10.6. The fourth-order valence-electron chi connectivity index (χ4n) is 7.20. The molecular formula is C48H48IrN9-5. The normalized spacial score (nSPS) is 13.2. The molecule has 299 valence electrons. The molecule has 0 atom stereocenters. The van der Waals surface area contributed by atoms with Gasteiger partial charge in [0.05, 0.1) is 5.69 Å². The average Bonchev–Trinajstić information content (AvgIpc) is 3.90. The zero-order valence-corrected chi connectivity index (χ0v) is 36.3. The quantitative estimate of drug-likeness (QED) is 0.0992. The number of benzene rings is 3. The molecule has 9 rings (SSSR count). The maximum absolute atomic E-state index is 4.70. The van der Waals surface area contributed by atoms with Gasteiger partial charge in [-0.2, -0.15) is 60.9 Å². The molecule has 3 aromatic carbocycles. The van der Waals surface area contributed by atoms with E-state index < -0.39 is 0 Å². The van der Waals surface area contributed by atoms with E-state index in [-0.39, 0.29) is 20.1 Å². The van der Waals surface area contributed by atoms with Gasteiger partial charge in [0.2, 0.25) is 0 Å². The fraction of sp³-hybridized carbons (Fsp3) is 0.250. The second-order valence-corrected chi connectivity index (χ2v) is 15.1. The van der Waals surface area contributed by atoms with Crippen LogP contribution in [0, 0.1) is 45.4 Å². The molecule has 0 spiro atoms. The molecule has 10 heteroatoms. The Balaban J connectivity index is 0.000000237. The Morgan fingerprint density at radius 2 is 1.21 bits per heavy atom. The van der Waals surface area contributed by atoms with Gasteiger partial charge in [-0.3, -0.25) is 4.98 Å². The van der Waals surface area contributed by atoms with Crippen LogP contribution in [0.1, 0.15) is 74.9 Å². The summed E-state index contributed by atoms with van der Waals surface area (Å²) in [5.41, 5.74) is 11.8. The summed E-state index contributed by atoms with van der Waals surface area (Å²) in [6, 6.07) is 39.1. The monoisotopic (exact) mass is 943 g/mol. The smallest absolute Gasteiger partial charge is 0.124 e. The van der Waals surface area contributed by atoms with Crippen molar-refractivity contribution in [1.82, 2.24) is 24.3 Å². The minimum atomic E-state index is 0. The number of pyridine rings is 2. The van der Waals surface area contributed by atoms with Crippen molar-refractivity contribution in [3.63, 3.8) is 0 Å². The summed E-state index contributed by atoms with van der Waals surface area (Å²) in [4.78, 5) is 27.3. The molecule has 4 aromatic heterocycles. The van der Waals surface area contributed by atoms with Crippen molar-refractivity contribution in [1.29, 1.82) is 0 Å². The van der Waals surface area contributed by atoms with E-state index in [9.17, 15) is 0 Å². The standard InChI is InChI=1S/C34H36N6.C14H12N3.Ir/c1-25(2)27-11-15-29(16-12-27)39-23-37(31-9-7-19-35-33(31)39)21-5-6-22-38-24-40(34-32(38)10-8-20-36-34)30-17-13-28(14-18-30)26(3)4;1-10-11(2)17-9-8-15-13(14(17)16-10)12-6-4-3-5-7-12;/h7-15,17,19-20,23-26H,5-6,21-22H2,1-4H3;3-6,8-9H,1-2H3;/q-4;-1;. The fourth-order valence-corrected chi connectivity index (χ4v) is 7.20. The van der Waals surface area contributed by atoms with Crippen molar-refractivity contribution < 1.29 is 20.1 Å². The zero-order chi connectivity index (χ0) is 39.5. The van der Waals surface area contributed by atoms with Crippen LogP contribution in [0.15, 0.2) is 110 Å². The SMILES string of the molecule is CC(C)c1c[c-]c(N2[CH-]N(CCCCN3[CH-]N(c4[c-]cc(C(C)C)cc4)c4ncccc43)c3cccnc32)cc1.Cc1nc2c(-c3[c-]cccc3)nccn2c1C.[Ir]. The van der Waals surface area contributed by atoms with Crippen LogP contribution in [0.5, 0.6) is 0 Å². The average molecular weight is 943 g/mol. The maximum Gasteiger partial charge on any atom is 0.124 e. The van der Waals surface area contributed by atoms with Gasteiger partial charge in [0.25, 0.3) is 0 Å². The van der Waals surface area contributed by atoms with Gasteiger partial charge in [0.15, 0.2) is 0 Å². The van der Waals surface area contributed by atoms with Crippen molar-refractivity contribution in [3.05, 3.63) is 164 Å². The van der Waals surface area contributed by atoms with Crippen LogP contribution in [0.25, 0.3) is 16.9 Å². The number of unbranched alkanes of at least 4 members (excludes halogenated alkanes) is 1. The van der Waals surface area contributed by atoms with E-state index >= 15 is 0 Å². The summed E-state index contributed by atoms with van der Waals surface area (Å²) in [5, 5.41) is 0. The van der Waals surface area contributed by atoms with Crippen LogP contribution in [-0.2, 0) is 20.1 Å².